The maximum absolute atomic E-state index is 12.6. The summed E-state index contributed by atoms with van der Waals surface area (Å²) in [7, 11) is 0. The van der Waals surface area contributed by atoms with Crippen LogP contribution in [0.4, 0.5) is 5.69 Å². The van der Waals surface area contributed by atoms with Gasteiger partial charge in [0.1, 0.15) is 0 Å². The highest BCUT2D eigenvalue weighted by Gasteiger charge is 2.12. The third kappa shape index (κ3) is 3.10. The first-order chi connectivity index (χ1) is 11.1. The molecule has 0 aliphatic rings. The summed E-state index contributed by atoms with van der Waals surface area (Å²) in [5.41, 5.74) is 1.68. The van der Waals surface area contributed by atoms with Gasteiger partial charge in [-0.15, -0.1) is 0 Å². The third-order valence-corrected chi connectivity index (χ3v) is 3.97. The number of fused-ring (bicyclic) bond motifs is 1. The molecule has 0 aromatic heterocycles. The Bertz CT molecular complexity index is 918. The minimum atomic E-state index is -0.237. The summed E-state index contributed by atoms with van der Waals surface area (Å²) in [4.78, 5) is 24.0. The number of amides is 1. The van der Waals surface area contributed by atoms with Crippen molar-refractivity contribution in [2.45, 2.75) is 6.92 Å². The molecule has 0 atom stereocenters. The van der Waals surface area contributed by atoms with Crippen molar-refractivity contribution in [3.05, 3.63) is 76.8 Å². The second kappa shape index (κ2) is 6.23. The molecule has 4 heteroatoms. The van der Waals surface area contributed by atoms with E-state index in [1.807, 2.05) is 18.2 Å². The van der Waals surface area contributed by atoms with Crippen LogP contribution in [-0.4, -0.2) is 11.7 Å². The van der Waals surface area contributed by atoms with Crippen LogP contribution in [0.3, 0.4) is 0 Å². The summed E-state index contributed by atoms with van der Waals surface area (Å²) >= 11 is 6.18. The zero-order chi connectivity index (χ0) is 16.4. The van der Waals surface area contributed by atoms with Gasteiger partial charge in [-0.3, -0.25) is 9.59 Å². The van der Waals surface area contributed by atoms with E-state index in [9.17, 15) is 9.59 Å². The van der Waals surface area contributed by atoms with Gasteiger partial charge < -0.3 is 5.32 Å². The first kappa shape index (κ1) is 15.3. The van der Waals surface area contributed by atoms with Gasteiger partial charge in [-0.2, -0.15) is 0 Å². The average Bonchev–Trinajstić information content (AvgIpc) is 2.55. The quantitative estimate of drug-likeness (QED) is 0.693. The molecule has 0 saturated heterocycles. The fraction of sp³-hybridized carbons (Fsp3) is 0.0526. The lowest BCUT2D eigenvalue weighted by atomic mass is 10.0. The number of anilines is 1. The number of halogens is 1. The first-order valence-corrected chi connectivity index (χ1v) is 7.53. The molecule has 1 amide bonds. The lowest BCUT2D eigenvalue weighted by Gasteiger charge is -2.09. The molecule has 3 nitrogen and oxygen atoms in total. The fourth-order valence-corrected chi connectivity index (χ4v) is 2.72. The van der Waals surface area contributed by atoms with E-state index in [-0.39, 0.29) is 11.7 Å². The van der Waals surface area contributed by atoms with Crippen LogP contribution >= 0.6 is 11.6 Å². The van der Waals surface area contributed by atoms with Gasteiger partial charge >= 0.3 is 0 Å². The molecule has 3 aromatic rings. The van der Waals surface area contributed by atoms with Crippen LogP contribution in [0.1, 0.15) is 27.6 Å². The highest BCUT2D eigenvalue weighted by atomic mass is 35.5. The van der Waals surface area contributed by atoms with Crippen molar-refractivity contribution >= 4 is 39.8 Å². The number of ketones is 1. The maximum atomic E-state index is 12.6. The Hall–Kier alpha value is -2.65. The lowest BCUT2D eigenvalue weighted by molar-refractivity contribution is 0.101. The maximum Gasteiger partial charge on any atom is 0.256 e. The van der Waals surface area contributed by atoms with E-state index in [2.05, 4.69) is 5.32 Å². The van der Waals surface area contributed by atoms with Gasteiger partial charge in [-0.05, 0) is 36.6 Å². The molecule has 3 aromatic carbocycles. The van der Waals surface area contributed by atoms with Crippen molar-refractivity contribution < 1.29 is 9.59 Å². The summed E-state index contributed by atoms with van der Waals surface area (Å²) < 4.78 is 0. The van der Waals surface area contributed by atoms with Gasteiger partial charge in [0.25, 0.3) is 5.91 Å². The number of Topliss-reactive ketones (excluding diaryl/α,β-unsaturated/α-hetero) is 1. The van der Waals surface area contributed by atoms with E-state index < -0.39 is 0 Å². The zero-order valence-corrected chi connectivity index (χ0v) is 13.2. The second-order valence-corrected chi connectivity index (χ2v) is 5.64. The van der Waals surface area contributed by atoms with E-state index in [0.29, 0.717) is 21.8 Å². The van der Waals surface area contributed by atoms with Crippen LogP contribution in [0.2, 0.25) is 5.02 Å². The Morgan fingerprint density at radius 1 is 0.913 bits per heavy atom. The molecule has 0 radical (unpaired) electrons. The van der Waals surface area contributed by atoms with Gasteiger partial charge in [-0.25, -0.2) is 0 Å². The predicted molar refractivity (Wildman–Crippen MR) is 93.4 cm³/mol. The summed E-state index contributed by atoms with van der Waals surface area (Å²) in [6.07, 6.45) is 0. The third-order valence-electron chi connectivity index (χ3n) is 3.64. The topological polar surface area (TPSA) is 46.2 Å². The van der Waals surface area contributed by atoms with Crippen molar-refractivity contribution in [3.63, 3.8) is 0 Å². The molecule has 0 fully saturated rings. The van der Waals surface area contributed by atoms with Crippen molar-refractivity contribution in [2.75, 3.05) is 5.32 Å². The lowest BCUT2D eigenvalue weighted by Crippen LogP contribution is -2.12. The number of nitrogens with one attached hydrogen (secondary N) is 1. The Morgan fingerprint density at radius 2 is 1.61 bits per heavy atom. The van der Waals surface area contributed by atoms with E-state index in [1.54, 1.807) is 42.5 Å². The number of benzene rings is 3. The van der Waals surface area contributed by atoms with Crippen LogP contribution in [0.5, 0.6) is 0 Å². The SMILES string of the molecule is CC(=O)c1cccc(NC(=O)c2cccc3c(Cl)cccc23)c1. The van der Waals surface area contributed by atoms with Crippen molar-refractivity contribution in [1.82, 2.24) is 0 Å². The van der Waals surface area contributed by atoms with Gasteiger partial charge in [-0.1, -0.05) is 48.0 Å². The molecule has 23 heavy (non-hydrogen) atoms. The minimum absolute atomic E-state index is 0.0435. The molecule has 3 rings (SSSR count). The molecule has 1 N–H and O–H groups in total. The second-order valence-electron chi connectivity index (χ2n) is 5.23. The number of hydrogen-bond donors (Lipinski definition) is 1. The minimum Gasteiger partial charge on any atom is -0.322 e. The fourth-order valence-electron chi connectivity index (χ4n) is 2.48. The summed E-state index contributed by atoms with van der Waals surface area (Å²) in [6.45, 7) is 1.49. The van der Waals surface area contributed by atoms with Gasteiger partial charge in [0.05, 0.1) is 0 Å². The predicted octanol–water partition coefficient (Wildman–Crippen LogP) is 4.95. The number of carbonyl (C=O) groups excluding carboxylic acids is 2. The molecular weight excluding hydrogens is 310 g/mol. The molecule has 0 unspecified atom stereocenters. The summed E-state index contributed by atoms with van der Waals surface area (Å²) in [5, 5.41) is 5.06. The van der Waals surface area contributed by atoms with Crippen molar-refractivity contribution in [1.29, 1.82) is 0 Å². The number of rotatable bonds is 3. The Labute approximate surface area is 138 Å². The van der Waals surface area contributed by atoms with Gasteiger partial charge in [0, 0.05) is 27.2 Å². The Kier molecular flexibility index (Phi) is 4.13. The molecule has 0 saturated carbocycles. The normalized spacial score (nSPS) is 10.5. The van der Waals surface area contributed by atoms with Crippen LogP contribution in [-0.2, 0) is 0 Å². The monoisotopic (exact) mass is 323 g/mol. The highest BCUT2D eigenvalue weighted by molar-refractivity contribution is 6.36. The average molecular weight is 324 g/mol. The molecule has 0 heterocycles. The molecule has 114 valence electrons. The van der Waals surface area contributed by atoms with Crippen LogP contribution in [0, 0.1) is 0 Å². The summed E-state index contributed by atoms with van der Waals surface area (Å²) in [5.74, 6) is -0.281. The van der Waals surface area contributed by atoms with E-state index in [4.69, 9.17) is 11.6 Å². The first-order valence-electron chi connectivity index (χ1n) is 7.16. The van der Waals surface area contributed by atoms with E-state index in [0.717, 1.165) is 10.8 Å². The van der Waals surface area contributed by atoms with Crippen LogP contribution < -0.4 is 5.32 Å². The van der Waals surface area contributed by atoms with Gasteiger partial charge in [0.15, 0.2) is 5.78 Å². The Morgan fingerprint density at radius 3 is 2.39 bits per heavy atom. The standard InChI is InChI=1S/C19H14ClNO2/c1-12(22)13-5-2-6-14(11-13)21-19(23)17-9-3-8-16-15(17)7-4-10-18(16)20/h2-11H,1H3,(H,21,23). The van der Waals surface area contributed by atoms with E-state index in [1.165, 1.54) is 6.92 Å². The molecule has 0 aliphatic heterocycles. The molecule has 0 aliphatic carbocycles. The summed E-state index contributed by atoms with van der Waals surface area (Å²) in [6, 6.07) is 17.8. The van der Waals surface area contributed by atoms with Crippen molar-refractivity contribution in [2.24, 2.45) is 0 Å². The highest BCUT2D eigenvalue weighted by Crippen LogP contribution is 2.26. The largest absolute Gasteiger partial charge is 0.322 e. The van der Waals surface area contributed by atoms with Crippen LogP contribution in [0.25, 0.3) is 10.8 Å². The zero-order valence-electron chi connectivity index (χ0n) is 12.5. The van der Waals surface area contributed by atoms with Crippen molar-refractivity contribution in [3.8, 4) is 0 Å². The number of carbonyl (C=O) groups is 2. The Balaban J connectivity index is 1.97. The van der Waals surface area contributed by atoms with E-state index >= 15 is 0 Å². The molecule has 0 spiro atoms. The van der Waals surface area contributed by atoms with Gasteiger partial charge in [0.2, 0.25) is 0 Å². The molecule has 0 bridgehead atoms. The molecular formula is C19H14ClNO2. The smallest absolute Gasteiger partial charge is 0.256 e. The number of hydrogen-bond acceptors (Lipinski definition) is 2. The van der Waals surface area contributed by atoms with Crippen LogP contribution in [0.15, 0.2) is 60.7 Å².